The molecule has 1 amide bonds. The number of hydrogen-bond donors (Lipinski definition) is 3. The van der Waals surface area contributed by atoms with Gasteiger partial charge < -0.3 is 24.6 Å². The predicted molar refractivity (Wildman–Crippen MR) is 282 cm³/mol. The summed E-state index contributed by atoms with van der Waals surface area (Å²) in [5.41, 5.74) is -2.77. The minimum atomic E-state index is -6.10. The Morgan fingerprint density at radius 2 is 1.52 bits per heavy atom. The summed E-state index contributed by atoms with van der Waals surface area (Å²) in [6.45, 7) is 16.3. The van der Waals surface area contributed by atoms with E-state index in [9.17, 15) is 39.9 Å². The van der Waals surface area contributed by atoms with Gasteiger partial charge in [-0.25, -0.2) is 21.6 Å². The highest BCUT2D eigenvalue weighted by atomic mass is 35.5. The second-order valence-electron chi connectivity index (χ2n) is 19.2. The molecule has 1 unspecified atom stereocenters. The van der Waals surface area contributed by atoms with E-state index in [4.69, 9.17) is 16.0 Å². The fourth-order valence-corrected chi connectivity index (χ4v) is 12.3. The Kier molecular flexibility index (Phi) is 18.6. The van der Waals surface area contributed by atoms with Gasteiger partial charge in [0.25, 0.3) is 25.8 Å². The first-order valence-electron chi connectivity index (χ1n) is 23.6. The van der Waals surface area contributed by atoms with Crippen LogP contribution in [0.3, 0.4) is 0 Å². The average molecular weight is 1070 g/mol. The fraction of sp³-hybridized carbons (Fsp3) is 0.404. The number of aliphatic hydroxyl groups is 1. The minimum absolute atomic E-state index is 0.0217. The molecule has 0 bridgehead atoms. The number of amides is 1. The number of aliphatic hydroxyl groups excluding tert-OH is 1. The van der Waals surface area contributed by atoms with E-state index in [-0.39, 0.29) is 16.5 Å². The number of rotatable bonds is 21. The van der Waals surface area contributed by atoms with Crippen LogP contribution in [0.2, 0.25) is 23.2 Å². The molecule has 1 saturated heterocycles. The van der Waals surface area contributed by atoms with Gasteiger partial charge in [-0.1, -0.05) is 93.9 Å². The second kappa shape index (κ2) is 23.6. The zero-order chi connectivity index (χ0) is 51.8. The van der Waals surface area contributed by atoms with Gasteiger partial charge in [0.2, 0.25) is 0 Å². The van der Waals surface area contributed by atoms with E-state index >= 15 is 0 Å². The summed E-state index contributed by atoms with van der Waals surface area (Å²) < 4.78 is 105. The van der Waals surface area contributed by atoms with Crippen molar-refractivity contribution in [3.8, 4) is 11.1 Å². The van der Waals surface area contributed by atoms with Crippen LogP contribution in [0.5, 0.6) is 0 Å². The Morgan fingerprint density at radius 3 is 2.14 bits per heavy atom. The molecule has 1 aliphatic rings. The van der Waals surface area contributed by atoms with Crippen LogP contribution in [0.1, 0.15) is 69.0 Å². The molecule has 5 aromatic carbocycles. The summed E-state index contributed by atoms with van der Waals surface area (Å²) in [5, 5.41) is 15.2. The minimum Gasteiger partial charge on any atom is -0.416 e. The monoisotopic (exact) mass is 1070 g/mol. The van der Waals surface area contributed by atoms with Crippen LogP contribution < -0.4 is 14.9 Å². The third-order valence-corrected chi connectivity index (χ3v) is 22.3. The van der Waals surface area contributed by atoms with Crippen LogP contribution in [-0.2, 0) is 24.3 Å². The quantitative estimate of drug-likeness (QED) is 0.0477. The number of nitrogens with one attached hydrogen (secondary N) is 2. The van der Waals surface area contributed by atoms with Gasteiger partial charge in [0.15, 0.2) is 8.32 Å². The normalized spacial score (nSPS) is 15.1. The molecule has 71 heavy (non-hydrogen) atoms. The highest BCUT2D eigenvalue weighted by molar-refractivity contribution is 7.99. The van der Waals surface area contributed by atoms with Gasteiger partial charge in [-0.2, -0.15) is 13.2 Å². The Balaban J connectivity index is 1.14. The maximum atomic E-state index is 14.3. The van der Waals surface area contributed by atoms with E-state index in [1.807, 2.05) is 90.5 Å². The van der Waals surface area contributed by atoms with E-state index < -0.39 is 67.2 Å². The van der Waals surface area contributed by atoms with E-state index in [0.29, 0.717) is 75.4 Å². The highest BCUT2D eigenvalue weighted by Crippen LogP contribution is 2.40. The SMILES string of the molecule is CCN(CCO[Si](C)(C)C(C)(C)C)CC[C@H](CSc1ccccc1)Nc1ccc(S(=O)(=O)NC(=O)c2ccc(N3CCC(C(O)c4ccccc4-c4ccc(Cl)cc4)CC3)cc2)cc1S(=O)(=O)C(F)(F)F. The molecule has 0 aromatic heterocycles. The molecule has 0 saturated carbocycles. The van der Waals surface area contributed by atoms with Gasteiger partial charge >= 0.3 is 5.51 Å². The summed E-state index contributed by atoms with van der Waals surface area (Å²) in [7, 11) is -13.0. The van der Waals surface area contributed by atoms with Gasteiger partial charge in [0.05, 0.1) is 16.7 Å². The standard InChI is InChI=1S/C52H64ClF3N4O7S3Si/c1-7-59(33-34-67-71(5,6)51(2,3)4)30-29-41(36-68-43-13-9-8-10-14-43)57-47-26-25-44(35-48(47)69(63,64)52(54,55)56)70(65,66)58-50(62)39-19-23-42(24-20-39)60-31-27-38(28-32-60)49(61)46-16-12-11-15-45(46)37-17-21-40(53)22-18-37/h8-26,35,38,41,49,57,61H,7,27-34,36H2,1-6H3,(H,58,62)/t41-,49?/m1/s1. The lowest BCUT2D eigenvalue weighted by atomic mass is 9.84. The van der Waals surface area contributed by atoms with Crippen LogP contribution in [0.4, 0.5) is 24.5 Å². The molecule has 11 nitrogen and oxygen atoms in total. The molecule has 1 fully saturated rings. The summed E-state index contributed by atoms with van der Waals surface area (Å²) in [5.74, 6) is -0.745. The summed E-state index contributed by atoms with van der Waals surface area (Å²) >= 11 is 7.55. The molecule has 2 atom stereocenters. The molecule has 1 heterocycles. The number of piperidine rings is 1. The average Bonchev–Trinajstić information content (AvgIpc) is 3.33. The van der Waals surface area contributed by atoms with Gasteiger partial charge in [0, 0.05) is 65.7 Å². The first-order valence-corrected chi connectivity index (χ1v) is 30.8. The summed E-state index contributed by atoms with van der Waals surface area (Å²) in [6, 6.07) is 32.6. The Bertz CT molecular complexity index is 2790. The van der Waals surface area contributed by atoms with E-state index in [0.717, 1.165) is 39.4 Å². The highest BCUT2D eigenvalue weighted by Gasteiger charge is 2.48. The number of sulfone groups is 1. The van der Waals surface area contributed by atoms with Crippen molar-refractivity contribution >= 4 is 68.8 Å². The maximum absolute atomic E-state index is 14.3. The van der Waals surface area contributed by atoms with Crippen molar-refractivity contribution in [3.05, 3.63) is 137 Å². The van der Waals surface area contributed by atoms with Crippen LogP contribution in [0.15, 0.2) is 136 Å². The molecular formula is C52H64ClF3N4O7S3Si. The number of sulfonamides is 1. The second-order valence-corrected chi connectivity index (χ2v) is 29.2. The number of carbonyl (C=O) groups excluding carboxylic acids is 1. The summed E-state index contributed by atoms with van der Waals surface area (Å²) in [6.07, 6.45) is 1.04. The van der Waals surface area contributed by atoms with Crippen LogP contribution in [0.25, 0.3) is 11.1 Å². The third-order valence-electron chi connectivity index (χ3n) is 13.5. The molecule has 0 spiro atoms. The Hall–Kier alpha value is -4.40. The number of likely N-dealkylation sites (N-methyl/N-ethyl adjacent to an activating group) is 1. The maximum Gasteiger partial charge on any atom is 0.501 e. The van der Waals surface area contributed by atoms with Crippen molar-refractivity contribution in [1.82, 2.24) is 9.62 Å². The number of anilines is 2. The topological polar surface area (TPSA) is 145 Å². The van der Waals surface area contributed by atoms with E-state index in [1.54, 1.807) is 12.1 Å². The lowest BCUT2D eigenvalue weighted by Crippen LogP contribution is -2.43. The van der Waals surface area contributed by atoms with Crippen molar-refractivity contribution in [1.29, 1.82) is 0 Å². The molecule has 19 heteroatoms. The van der Waals surface area contributed by atoms with Crippen LogP contribution >= 0.6 is 23.4 Å². The lowest BCUT2D eigenvalue weighted by molar-refractivity contribution is -0.0435. The lowest BCUT2D eigenvalue weighted by Gasteiger charge is -2.37. The van der Waals surface area contributed by atoms with Gasteiger partial charge in [-0.15, -0.1) is 11.8 Å². The van der Waals surface area contributed by atoms with E-state index in [1.165, 1.54) is 23.9 Å². The molecule has 6 rings (SSSR count). The van der Waals surface area contributed by atoms with E-state index in [2.05, 4.69) is 49.0 Å². The summed E-state index contributed by atoms with van der Waals surface area (Å²) in [4.78, 5) is 16.4. The van der Waals surface area contributed by atoms with Gasteiger partial charge in [-0.3, -0.25) is 4.79 Å². The van der Waals surface area contributed by atoms with Crippen molar-refractivity contribution in [3.63, 3.8) is 0 Å². The predicted octanol–water partition coefficient (Wildman–Crippen LogP) is 11.7. The Morgan fingerprint density at radius 1 is 0.887 bits per heavy atom. The number of benzene rings is 5. The largest absolute Gasteiger partial charge is 0.501 e. The number of nitrogens with zero attached hydrogens (tertiary/aromatic N) is 2. The first-order chi connectivity index (χ1) is 33.4. The fourth-order valence-electron chi connectivity index (χ4n) is 8.12. The molecule has 0 radical (unpaired) electrons. The molecule has 0 aliphatic carbocycles. The van der Waals surface area contributed by atoms with Gasteiger partial charge in [-0.05, 0) is 133 Å². The zero-order valence-corrected chi connectivity index (χ0v) is 45.1. The van der Waals surface area contributed by atoms with Crippen LogP contribution in [0, 0.1) is 5.92 Å². The van der Waals surface area contributed by atoms with Crippen molar-refractivity contribution in [2.45, 2.75) is 97.4 Å². The first kappa shape index (κ1) is 55.9. The number of carbonyl (C=O) groups is 1. The molecule has 384 valence electrons. The number of hydrogen-bond acceptors (Lipinski definition) is 11. The molecule has 1 aliphatic heterocycles. The molecule has 3 N–H and O–H groups in total. The number of halogens is 4. The van der Waals surface area contributed by atoms with Crippen molar-refractivity contribution in [2.75, 3.05) is 55.3 Å². The van der Waals surface area contributed by atoms with Crippen LogP contribution in [-0.4, -0.2) is 97.7 Å². The van der Waals surface area contributed by atoms with Gasteiger partial charge in [0.1, 0.15) is 4.90 Å². The number of alkyl halides is 3. The Labute approximate surface area is 427 Å². The van der Waals surface area contributed by atoms with Crippen molar-refractivity contribution < 1.29 is 44.3 Å². The molecular weight excluding hydrogens is 1010 g/mol. The zero-order valence-electron chi connectivity index (χ0n) is 40.9. The number of thioether (sulfide) groups is 1. The molecule has 5 aromatic rings. The third kappa shape index (κ3) is 14.4. The van der Waals surface area contributed by atoms with Crippen molar-refractivity contribution in [2.24, 2.45) is 5.92 Å². The smallest absolute Gasteiger partial charge is 0.416 e.